The maximum absolute atomic E-state index is 14.0. The van der Waals surface area contributed by atoms with Gasteiger partial charge in [0.1, 0.15) is 39.8 Å². The summed E-state index contributed by atoms with van der Waals surface area (Å²) in [5.41, 5.74) is 1.23. The maximum atomic E-state index is 14.0. The quantitative estimate of drug-likeness (QED) is 0.192. The Balaban J connectivity index is 2.30. The van der Waals surface area contributed by atoms with Crippen LogP contribution in [0.5, 0.6) is 5.75 Å². The Bertz CT molecular complexity index is 1430. The molecule has 1 aliphatic heterocycles. The number of nitriles is 3. The van der Waals surface area contributed by atoms with Gasteiger partial charge >= 0.3 is 5.97 Å². The number of allylic oxidation sites excluding steroid dienone is 3. The summed E-state index contributed by atoms with van der Waals surface area (Å²) in [4.78, 5) is 28.6. The summed E-state index contributed by atoms with van der Waals surface area (Å²) >= 11 is 2.33. The molecule has 1 aliphatic rings. The molecule has 0 bridgehead atoms. The minimum Gasteiger partial charge on any atom is -0.497 e. The van der Waals surface area contributed by atoms with E-state index in [0.29, 0.717) is 27.5 Å². The van der Waals surface area contributed by atoms with Crippen molar-refractivity contribution in [3.8, 4) is 24.0 Å². The highest BCUT2D eigenvalue weighted by Crippen LogP contribution is 2.47. The average Bonchev–Trinajstić information content (AvgIpc) is 3.28. The molecule has 1 saturated heterocycles. The van der Waals surface area contributed by atoms with Gasteiger partial charge in [-0.25, -0.2) is 4.79 Å². The van der Waals surface area contributed by atoms with Crippen molar-refractivity contribution in [3.63, 3.8) is 0 Å². The molecule has 1 atom stereocenters. The number of methoxy groups -OCH3 is 1. The molecule has 10 heteroatoms. The summed E-state index contributed by atoms with van der Waals surface area (Å²) in [6, 6.07) is 21.4. The fourth-order valence-corrected chi connectivity index (χ4v) is 5.99. The van der Waals surface area contributed by atoms with Gasteiger partial charge in [0.2, 0.25) is 0 Å². The van der Waals surface area contributed by atoms with Crippen molar-refractivity contribution < 1.29 is 19.1 Å². The summed E-state index contributed by atoms with van der Waals surface area (Å²) < 4.78 is 10.3. The van der Waals surface area contributed by atoms with E-state index in [9.17, 15) is 25.4 Å². The number of hydrogen-bond donors (Lipinski definition) is 0. The van der Waals surface area contributed by atoms with Gasteiger partial charge in [-0.2, -0.15) is 15.8 Å². The lowest BCUT2D eigenvalue weighted by Crippen LogP contribution is -2.30. The summed E-state index contributed by atoms with van der Waals surface area (Å²) in [6.07, 6.45) is 3.24. The summed E-state index contributed by atoms with van der Waals surface area (Å²) in [6.45, 7) is 1.69. The molecule has 1 amide bonds. The Labute approximate surface area is 229 Å². The number of amides is 1. The van der Waals surface area contributed by atoms with Gasteiger partial charge in [-0.1, -0.05) is 42.1 Å². The Morgan fingerprint density at radius 3 is 2.26 bits per heavy atom. The fourth-order valence-electron chi connectivity index (χ4n) is 3.63. The van der Waals surface area contributed by atoms with Gasteiger partial charge in [-0.15, -0.1) is 11.8 Å². The van der Waals surface area contributed by atoms with Crippen LogP contribution in [0.3, 0.4) is 0 Å². The molecule has 0 N–H and O–H groups in total. The molecule has 190 valence electrons. The lowest BCUT2D eigenvalue weighted by Gasteiger charge is -2.19. The van der Waals surface area contributed by atoms with Gasteiger partial charge in [0.15, 0.2) is 5.57 Å². The first-order valence-electron chi connectivity index (χ1n) is 11.3. The highest BCUT2D eigenvalue weighted by atomic mass is 32.2. The van der Waals surface area contributed by atoms with Crippen LogP contribution in [0.1, 0.15) is 12.5 Å². The topological polar surface area (TPSA) is 127 Å². The van der Waals surface area contributed by atoms with Gasteiger partial charge < -0.3 is 9.47 Å². The van der Waals surface area contributed by atoms with Crippen molar-refractivity contribution >= 4 is 46.7 Å². The highest BCUT2D eigenvalue weighted by molar-refractivity contribution is 8.08. The van der Waals surface area contributed by atoms with Gasteiger partial charge in [0.05, 0.1) is 13.7 Å². The van der Waals surface area contributed by atoms with Crippen molar-refractivity contribution in [2.45, 2.75) is 12.2 Å². The van der Waals surface area contributed by atoms with Crippen LogP contribution in [0.25, 0.3) is 5.57 Å². The van der Waals surface area contributed by atoms with E-state index in [4.69, 9.17) is 9.47 Å². The number of ether oxygens (including phenoxy) is 2. The second-order valence-electron chi connectivity index (χ2n) is 7.51. The Hall–Kier alpha value is -4.43. The molecule has 38 heavy (non-hydrogen) atoms. The second kappa shape index (κ2) is 13.2. The smallest absolute Gasteiger partial charge is 0.351 e. The van der Waals surface area contributed by atoms with Crippen LogP contribution in [0, 0.1) is 34.0 Å². The molecule has 3 rings (SSSR count). The maximum Gasteiger partial charge on any atom is 0.351 e. The fraction of sp³-hybridized carbons (Fsp3) is 0.179. The van der Waals surface area contributed by atoms with Crippen LogP contribution in [0.2, 0.25) is 0 Å². The summed E-state index contributed by atoms with van der Waals surface area (Å²) in [5, 5.41) is 28.0. The van der Waals surface area contributed by atoms with E-state index < -0.39 is 17.1 Å². The zero-order chi connectivity index (χ0) is 27.7. The molecule has 2 aromatic carbocycles. The first kappa shape index (κ1) is 28.1. The first-order chi connectivity index (χ1) is 18.4. The third-order valence-corrected chi connectivity index (χ3v) is 7.68. The van der Waals surface area contributed by atoms with Crippen molar-refractivity contribution in [1.29, 1.82) is 15.8 Å². The van der Waals surface area contributed by atoms with Gasteiger partial charge in [0, 0.05) is 10.6 Å². The van der Waals surface area contributed by atoms with E-state index in [0.717, 1.165) is 11.8 Å². The molecule has 1 heterocycles. The van der Waals surface area contributed by atoms with E-state index in [-0.39, 0.29) is 22.8 Å². The zero-order valence-electron chi connectivity index (χ0n) is 20.8. The molecule has 0 aliphatic carbocycles. The molecule has 0 spiro atoms. The molecule has 0 aromatic heterocycles. The van der Waals surface area contributed by atoms with Crippen molar-refractivity contribution in [3.05, 3.63) is 87.3 Å². The molecule has 1 fully saturated rings. The summed E-state index contributed by atoms with van der Waals surface area (Å²) in [7, 11) is 1.52. The predicted octanol–water partition coefficient (Wildman–Crippen LogP) is 5.19. The van der Waals surface area contributed by atoms with Gasteiger partial charge in [-0.3, -0.25) is 9.69 Å². The number of esters is 1. The molecule has 1 unspecified atom stereocenters. The SMILES string of the molecule is CCOC(=O)C(C#N)=C1SC(C(SC)=C(C=C(C#N)C#N)c2ccccc2)C(=O)N1c1ccc(OC)cc1. The third-order valence-electron chi connectivity index (χ3n) is 5.35. The number of thioether (sulfide) groups is 2. The normalized spacial score (nSPS) is 16.4. The van der Waals surface area contributed by atoms with Crippen LogP contribution in [-0.4, -0.2) is 37.1 Å². The Morgan fingerprint density at radius 2 is 1.74 bits per heavy atom. The van der Waals surface area contributed by atoms with E-state index in [2.05, 4.69) is 0 Å². The number of carbonyl (C=O) groups is 2. The van der Waals surface area contributed by atoms with E-state index in [1.807, 2.05) is 48.5 Å². The molecule has 8 nitrogen and oxygen atoms in total. The minimum absolute atomic E-state index is 0.0614. The van der Waals surface area contributed by atoms with E-state index in [1.54, 1.807) is 37.4 Å². The minimum atomic E-state index is -0.870. The monoisotopic (exact) mass is 542 g/mol. The highest BCUT2D eigenvalue weighted by Gasteiger charge is 2.43. The van der Waals surface area contributed by atoms with Gasteiger partial charge in [0.25, 0.3) is 5.91 Å². The number of benzene rings is 2. The van der Waals surface area contributed by atoms with Crippen molar-refractivity contribution in [2.24, 2.45) is 0 Å². The van der Waals surface area contributed by atoms with Crippen LogP contribution < -0.4 is 9.64 Å². The summed E-state index contributed by atoms with van der Waals surface area (Å²) in [5.74, 6) is -0.657. The average molecular weight is 543 g/mol. The first-order valence-corrected chi connectivity index (χ1v) is 13.4. The largest absolute Gasteiger partial charge is 0.497 e. The van der Waals surface area contributed by atoms with Crippen LogP contribution >= 0.6 is 23.5 Å². The molecule has 2 aromatic rings. The van der Waals surface area contributed by atoms with Crippen LogP contribution in [0.4, 0.5) is 5.69 Å². The second-order valence-corrected chi connectivity index (χ2v) is 9.45. The Morgan fingerprint density at radius 1 is 1.08 bits per heavy atom. The zero-order valence-corrected chi connectivity index (χ0v) is 22.4. The van der Waals surface area contributed by atoms with Crippen LogP contribution in [-0.2, 0) is 14.3 Å². The molecule has 0 saturated carbocycles. The standard InChI is InChI=1S/C28H22N4O4S2/c1-4-36-28(34)23(17-31)27-32(20-10-12-21(35-2)13-11-20)26(33)25(38-27)24(37-3)22(14-18(15-29)16-30)19-8-6-5-7-9-19/h5-14,25H,4H2,1-3H3. The van der Waals surface area contributed by atoms with E-state index >= 15 is 0 Å². The van der Waals surface area contributed by atoms with Gasteiger partial charge in [-0.05, 0) is 54.7 Å². The predicted molar refractivity (Wildman–Crippen MR) is 147 cm³/mol. The molecular formula is C28H22N4O4S2. The number of rotatable bonds is 8. The lowest BCUT2D eigenvalue weighted by molar-refractivity contribution is -0.138. The lowest BCUT2D eigenvalue weighted by atomic mass is 10.0. The third kappa shape index (κ3) is 5.92. The van der Waals surface area contributed by atoms with Crippen molar-refractivity contribution in [2.75, 3.05) is 24.9 Å². The number of anilines is 1. The van der Waals surface area contributed by atoms with E-state index in [1.165, 1.54) is 29.8 Å². The molecule has 0 radical (unpaired) electrons. The van der Waals surface area contributed by atoms with Crippen molar-refractivity contribution in [1.82, 2.24) is 0 Å². The number of carbonyl (C=O) groups excluding carboxylic acids is 2. The van der Waals surface area contributed by atoms with Crippen LogP contribution in [0.15, 0.2) is 81.8 Å². The molecular weight excluding hydrogens is 520 g/mol. The number of nitrogens with zero attached hydrogens (tertiary/aromatic N) is 4. The number of hydrogen-bond acceptors (Lipinski definition) is 9. The Kier molecular flexibility index (Phi) is 9.79.